The lowest BCUT2D eigenvalue weighted by Crippen LogP contribution is -2.00. The van der Waals surface area contributed by atoms with E-state index in [0.29, 0.717) is 17.5 Å². The van der Waals surface area contributed by atoms with E-state index < -0.39 is 0 Å². The van der Waals surface area contributed by atoms with Gasteiger partial charge in [0.15, 0.2) is 17.5 Å². The Morgan fingerprint density at radius 1 is 0.281 bits per heavy atom. The molecule has 0 radical (unpaired) electrons. The molecule has 3 aromatic heterocycles. The zero-order chi connectivity index (χ0) is 37.7. The SMILES string of the molecule is c1ccc(-c2nc(-c3ccccc3)nc(-c3ccc(-c4ccc5c6cc7nc(-c8ccccc8)c8ccccc8c7cc6n(-c6ccccc6)c5c4)cc3)n2)cc1. The summed E-state index contributed by atoms with van der Waals surface area (Å²) in [6, 6.07) is 69.9. The second kappa shape index (κ2) is 13.5. The predicted molar refractivity (Wildman–Crippen MR) is 234 cm³/mol. The zero-order valence-corrected chi connectivity index (χ0v) is 30.8. The summed E-state index contributed by atoms with van der Waals surface area (Å²) in [4.78, 5) is 20.1. The van der Waals surface area contributed by atoms with Crippen molar-refractivity contribution in [2.75, 3.05) is 0 Å². The van der Waals surface area contributed by atoms with Crippen molar-refractivity contribution in [1.29, 1.82) is 0 Å². The largest absolute Gasteiger partial charge is 0.309 e. The third kappa shape index (κ3) is 5.72. The molecule has 0 N–H and O–H groups in total. The molecule has 0 spiro atoms. The van der Waals surface area contributed by atoms with Crippen molar-refractivity contribution >= 4 is 43.5 Å². The summed E-state index contributed by atoms with van der Waals surface area (Å²) in [5.74, 6) is 1.93. The van der Waals surface area contributed by atoms with E-state index in [9.17, 15) is 0 Å². The van der Waals surface area contributed by atoms with Gasteiger partial charge in [-0.1, -0.05) is 170 Å². The zero-order valence-electron chi connectivity index (χ0n) is 30.8. The first kappa shape index (κ1) is 32.7. The molecule has 8 aromatic carbocycles. The molecule has 0 bridgehead atoms. The summed E-state index contributed by atoms with van der Waals surface area (Å²) < 4.78 is 2.39. The van der Waals surface area contributed by atoms with Gasteiger partial charge in [-0.3, -0.25) is 0 Å². The topological polar surface area (TPSA) is 56.5 Å². The fourth-order valence-corrected chi connectivity index (χ4v) is 8.07. The number of hydrogen-bond donors (Lipinski definition) is 0. The molecule has 0 aliphatic rings. The minimum atomic E-state index is 0.637. The summed E-state index contributed by atoms with van der Waals surface area (Å²) in [6.45, 7) is 0. The van der Waals surface area contributed by atoms with Crippen LogP contribution in [0.3, 0.4) is 0 Å². The lowest BCUT2D eigenvalue weighted by atomic mass is 9.98. The molecule has 0 saturated heterocycles. The third-order valence-corrected chi connectivity index (χ3v) is 10.8. The van der Waals surface area contributed by atoms with Crippen molar-refractivity contribution in [2.24, 2.45) is 0 Å². The van der Waals surface area contributed by atoms with E-state index in [1.165, 1.54) is 16.2 Å². The fraction of sp³-hybridized carbons (Fsp3) is 0. The average Bonchev–Trinajstić information content (AvgIpc) is 3.61. The number of pyridine rings is 1. The van der Waals surface area contributed by atoms with Crippen molar-refractivity contribution in [3.8, 4) is 62.2 Å². The Morgan fingerprint density at radius 3 is 1.37 bits per heavy atom. The van der Waals surface area contributed by atoms with E-state index in [0.717, 1.165) is 72.1 Å². The van der Waals surface area contributed by atoms with Crippen LogP contribution in [0.4, 0.5) is 0 Å². The van der Waals surface area contributed by atoms with Crippen LogP contribution < -0.4 is 0 Å². The Balaban J connectivity index is 1.06. The van der Waals surface area contributed by atoms with Crippen LogP contribution in [0.15, 0.2) is 200 Å². The Morgan fingerprint density at radius 2 is 0.754 bits per heavy atom. The number of benzene rings is 8. The van der Waals surface area contributed by atoms with Crippen LogP contribution in [0.25, 0.3) is 106 Å². The number of fused-ring (bicyclic) bond motifs is 6. The maximum atomic E-state index is 5.33. The fourth-order valence-electron chi connectivity index (χ4n) is 8.07. The van der Waals surface area contributed by atoms with E-state index in [-0.39, 0.29) is 0 Å². The van der Waals surface area contributed by atoms with Gasteiger partial charge in [-0.15, -0.1) is 0 Å². The Hall–Kier alpha value is -7.76. The van der Waals surface area contributed by atoms with Crippen LogP contribution in [-0.4, -0.2) is 24.5 Å². The minimum Gasteiger partial charge on any atom is -0.309 e. The monoisotopic (exact) mass is 727 g/mol. The first-order chi connectivity index (χ1) is 28.2. The van der Waals surface area contributed by atoms with Crippen LogP contribution in [0.2, 0.25) is 0 Å². The van der Waals surface area contributed by atoms with Crippen LogP contribution in [0.1, 0.15) is 0 Å². The van der Waals surface area contributed by atoms with E-state index >= 15 is 0 Å². The Kier molecular flexibility index (Phi) is 7.74. The van der Waals surface area contributed by atoms with Gasteiger partial charge in [0.25, 0.3) is 0 Å². The molecule has 0 saturated carbocycles. The standard InChI is InChI=1S/C52H33N5/c1-5-15-35(16-6-1)49-43-24-14-13-23-41(43)44-33-48-45(32-46(44)53-49)42-30-29-39(31-47(42)57(48)40-21-11-4-12-22-40)34-25-27-38(28-26-34)52-55-50(36-17-7-2-8-18-36)54-51(56-52)37-19-9-3-10-20-37/h1-33H. The van der Waals surface area contributed by atoms with Crippen molar-refractivity contribution < 1.29 is 0 Å². The molecule has 3 heterocycles. The summed E-state index contributed by atoms with van der Waals surface area (Å²) in [6.07, 6.45) is 0. The van der Waals surface area contributed by atoms with Gasteiger partial charge in [-0.2, -0.15) is 0 Å². The lowest BCUT2D eigenvalue weighted by molar-refractivity contribution is 1.07. The smallest absolute Gasteiger partial charge is 0.164 e. The number of nitrogens with zero attached hydrogens (tertiary/aromatic N) is 5. The first-order valence-electron chi connectivity index (χ1n) is 19.1. The summed E-state index contributed by atoms with van der Waals surface area (Å²) in [5, 5.41) is 5.83. The van der Waals surface area contributed by atoms with Gasteiger partial charge in [0, 0.05) is 49.5 Å². The van der Waals surface area contributed by atoms with Gasteiger partial charge < -0.3 is 4.57 Å². The molecule has 57 heavy (non-hydrogen) atoms. The van der Waals surface area contributed by atoms with Gasteiger partial charge in [0.05, 0.1) is 22.2 Å². The second-order valence-corrected chi connectivity index (χ2v) is 14.3. The van der Waals surface area contributed by atoms with Gasteiger partial charge >= 0.3 is 0 Å². The molecule has 0 unspecified atom stereocenters. The molecule has 5 heteroatoms. The molecule has 266 valence electrons. The summed E-state index contributed by atoms with van der Waals surface area (Å²) in [7, 11) is 0. The molecule has 0 fully saturated rings. The maximum Gasteiger partial charge on any atom is 0.164 e. The van der Waals surface area contributed by atoms with E-state index in [2.05, 4.69) is 144 Å². The summed E-state index contributed by atoms with van der Waals surface area (Å²) in [5.41, 5.74) is 11.5. The summed E-state index contributed by atoms with van der Waals surface area (Å²) >= 11 is 0. The van der Waals surface area contributed by atoms with Crippen molar-refractivity contribution in [2.45, 2.75) is 0 Å². The van der Waals surface area contributed by atoms with Gasteiger partial charge in [-0.05, 0) is 46.8 Å². The lowest BCUT2D eigenvalue weighted by Gasteiger charge is -2.12. The molecule has 11 aromatic rings. The minimum absolute atomic E-state index is 0.637. The molecule has 5 nitrogen and oxygen atoms in total. The number of rotatable bonds is 6. The molecule has 0 aliphatic carbocycles. The van der Waals surface area contributed by atoms with Crippen molar-refractivity contribution in [1.82, 2.24) is 24.5 Å². The van der Waals surface area contributed by atoms with E-state index in [1.807, 2.05) is 60.7 Å². The van der Waals surface area contributed by atoms with E-state index in [1.54, 1.807) is 0 Å². The highest BCUT2D eigenvalue weighted by Gasteiger charge is 2.18. The predicted octanol–water partition coefficient (Wildman–Crippen LogP) is 13.0. The second-order valence-electron chi connectivity index (χ2n) is 14.3. The average molecular weight is 728 g/mol. The number of para-hydroxylation sites is 1. The Labute approximate surface area is 329 Å². The number of aromatic nitrogens is 5. The van der Waals surface area contributed by atoms with Gasteiger partial charge in [0.1, 0.15) is 0 Å². The molecule has 0 aliphatic heterocycles. The highest BCUT2D eigenvalue weighted by atomic mass is 15.0. The molecular weight excluding hydrogens is 695 g/mol. The molecule has 0 atom stereocenters. The van der Waals surface area contributed by atoms with Gasteiger partial charge in [0.2, 0.25) is 0 Å². The quantitative estimate of drug-likeness (QED) is 0.160. The third-order valence-electron chi connectivity index (χ3n) is 10.8. The van der Waals surface area contributed by atoms with Crippen molar-refractivity contribution in [3.05, 3.63) is 200 Å². The highest BCUT2D eigenvalue weighted by molar-refractivity contribution is 6.19. The maximum absolute atomic E-state index is 5.33. The van der Waals surface area contributed by atoms with Crippen molar-refractivity contribution in [3.63, 3.8) is 0 Å². The van der Waals surface area contributed by atoms with E-state index in [4.69, 9.17) is 19.9 Å². The Bertz CT molecular complexity index is 3190. The molecule has 11 rings (SSSR count). The van der Waals surface area contributed by atoms with Crippen LogP contribution in [0.5, 0.6) is 0 Å². The molecular formula is C52H33N5. The van der Waals surface area contributed by atoms with Crippen LogP contribution in [0, 0.1) is 0 Å². The first-order valence-corrected chi connectivity index (χ1v) is 19.1. The van der Waals surface area contributed by atoms with Crippen LogP contribution >= 0.6 is 0 Å². The van der Waals surface area contributed by atoms with Gasteiger partial charge in [-0.25, -0.2) is 19.9 Å². The normalized spacial score (nSPS) is 11.5. The van der Waals surface area contributed by atoms with Crippen LogP contribution in [-0.2, 0) is 0 Å². The number of hydrogen-bond acceptors (Lipinski definition) is 4. The highest BCUT2D eigenvalue weighted by Crippen LogP contribution is 2.40. The molecule has 0 amide bonds.